The minimum atomic E-state index is -3.29. The van der Waals surface area contributed by atoms with E-state index >= 15 is 0 Å². The maximum Gasteiger partial charge on any atom is 0.237 e. The monoisotopic (exact) mass is 232 g/mol. The molecular formula is C9H16N2O3S. The van der Waals surface area contributed by atoms with Crippen molar-refractivity contribution in [1.29, 1.82) is 0 Å². The summed E-state index contributed by atoms with van der Waals surface area (Å²) >= 11 is 0. The second kappa shape index (κ2) is 4.09. The number of rotatable bonds is 2. The van der Waals surface area contributed by atoms with Crippen LogP contribution in [0.15, 0.2) is 0 Å². The Labute approximate surface area is 89.9 Å². The highest BCUT2D eigenvalue weighted by Gasteiger charge is 2.36. The Morgan fingerprint density at radius 1 is 1.40 bits per heavy atom. The van der Waals surface area contributed by atoms with Gasteiger partial charge in [-0.3, -0.25) is 4.79 Å². The summed E-state index contributed by atoms with van der Waals surface area (Å²) in [6, 6.07) is 0.149. The first-order valence-corrected chi connectivity index (χ1v) is 6.97. The maximum atomic E-state index is 11.5. The Kier molecular flexibility index (Phi) is 2.97. The Morgan fingerprint density at radius 2 is 2.20 bits per heavy atom. The predicted octanol–water partition coefficient (Wildman–Crippen LogP) is -0.309. The third-order valence-electron chi connectivity index (χ3n) is 2.99. The largest absolute Gasteiger partial charge is 0.312 e. The van der Waals surface area contributed by atoms with Gasteiger partial charge in [0.25, 0.3) is 0 Å². The predicted molar refractivity (Wildman–Crippen MR) is 55.8 cm³/mol. The molecule has 2 aliphatic rings. The highest BCUT2D eigenvalue weighted by atomic mass is 32.2. The van der Waals surface area contributed by atoms with Crippen molar-refractivity contribution in [2.45, 2.75) is 31.7 Å². The van der Waals surface area contributed by atoms with Crippen molar-refractivity contribution < 1.29 is 13.2 Å². The molecule has 86 valence electrons. The van der Waals surface area contributed by atoms with Crippen molar-refractivity contribution in [2.24, 2.45) is 0 Å². The molecule has 2 aliphatic heterocycles. The fourth-order valence-corrected chi connectivity index (χ4v) is 3.56. The van der Waals surface area contributed by atoms with Crippen LogP contribution in [0.5, 0.6) is 0 Å². The highest BCUT2D eigenvalue weighted by Crippen LogP contribution is 2.17. The van der Waals surface area contributed by atoms with E-state index in [0.29, 0.717) is 6.54 Å². The van der Waals surface area contributed by atoms with Gasteiger partial charge in [-0.1, -0.05) is 6.42 Å². The lowest BCUT2D eigenvalue weighted by Crippen LogP contribution is -2.45. The Balaban J connectivity index is 2.00. The molecule has 6 heteroatoms. The molecule has 0 aromatic carbocycles. The Bertz CT molecular complexity index is 346. The average molecular weight is 232 g/mol. The van der Waals surface area contributed by atoms with E-state index in [4.69, 9.17) is 0 Å². The van der Waals surface area contributed by atoms with Gasteiger partial charge < -0.3 is 5.32 Å². The van der Waals surface area contributed by atoms with Gasteiger partial charge in [0.15, 0.2) is 0 Å². The van der Waals surface area contributed by atoms with Crippen molar-refractivity contribution in [3.63, 3.8) is 0 Å². The molecule has 0 aliphatic carbocycles. The Morgan fingerprint density at radius 3 is 2.73 bits per heavy atom. The fraction of sp³-hybridized carbons (Fsp3) is 0.889. The van der Waals surface area contributed by atoms with Gasteiger partial charge in [-0.15, -0.1) is 0 Å². The molecule has 1 unspecified atom stereocenters. The van der Waals surface area contributed by atoms with Crippen LogP contribution in [0.2, 0.25) is 0 Å². The van der Waals surface area contributed by atoms with E-state index in [9.17, 15) is 13.2 Å². The van der Waals surface area contributed by atoms with Crippen LogP contribution in [-0.4, -0.2) is 43.5 Å². The molecule has 1 N–H and O–H groups in total. The smallest absolute Gasteiger partial charge is 0.237 e. The molecule has 0 radical (unpaired) electrons. The minimum Gasteiger partial charge on any atom is -0.312 e. The number of carbonyl (C=O) groups is 1. The van der Waals surface area contributed by atoms with Crippen LogP contribution >= 0.6 is 0 Å². The van der Waals surface area contributed by atoms with Crippen LogP contribution in [0.4, 0.5) is 0 Å². The lowest BCUT2D eigenvalue weighted by Gasteiger charge is -2.27. The highest BCUT2D eigenvalue weighted by molar-refractivity contribution is 7.90. The van der Waals surface area contributed by atoms with E-state index < -0.39 is 10.0 Å². The molecule has 15 heavy (non-hydrogen) atoms. The van der Waals surface area contributed by atoms with Gasteiger partial charge in [-0.2, -0.15) is 0 Å². The van der Waals surface area contributed by atoms with Crippen LogP contribution in [0.25, 0.3) is 0 Å². The van der Waals surface area contributed by atoms with Crippen molar-refractivity contribution in [2.75, 3.05) is 18.8 Å². The van der Waals surface area contributed by atoms with E-state index in [1.807, 2.05) is 0 Å². The van der Waals surface area contributed by atoms with E-state index in [1.165, 1.54) is 0 Å². The molecule has 0 bridgehead atoms. The summed E-state index contributed by atoms with van der Waals surface area (Å²) in [6.07, 6.45) is 3.35. The van der Waals surface area contributed by atoms with Gasteiger partial charge in [0.2, 0.25) is 15.9 Å². The van der Waals surface area contributed by atoms with Gasteiger partial charge in [0.05, 0.1) is 12.3 Å². The zero-order chi connectivity index (χ0) is 10.9. The van der Waals surface area contributed by atoms with Crippen LogP contribution < -0.4 is 5.32 Å². The molecule has 1 amide bonds. The summed E-state index contributed by atoms with van der Waals surface area (Å²) in [5.74, 6) is -0.263. The molecule has 0 spiro atoms. The standard InChI is InChI=1S/C9H16N2O3S/c12-9-4-6-15(13,14)11(9)7-8-3-1-2-5-10-8/h8,10H,1-7H2. The van der Waals surface area contributed by atoms with Gasteiger partial charge in [0, 0.05) is 12.5 Å². The number of amides is 1. The topological polar surface area (TPSA) is 66.5 Å². The van der Waals surface area contributed by atoms with Crippen LogP contribution in [0.3, 0.4) is 0 Å². The molecule has 0 aromatic rings. The maximum absolute atomic E-state index is 11.5. The van der Waals surface area contributed by atoms with Gasteiger partial charge in [0.1, 0.15) is 0 Å². The summed E-state index contributed by atoms with van der Waals surface area (Å²) in [6.45, 7) is 1.24. The van der Waals surface area contributed by atoms with Crippen molar-refractivity contribution in [1.82, 2.24) is 9.62 Å². The van der Waals surface area contributed by atoms with Crippen molar-refractivity contribution >= 4 is 15.9 Å². The lowest BCUT2D eigenvalue weighted by molar-refractivity contribution is -0.125. The molecule has 2 saturated heterocycles. The number of sulfonamides is 1. The molecule has 0 aromatic heterocycles. The summed E-state index contributed by atoms with van der Waals surface area (Å²) < 4.78 is 24.1. The second-order valence-electron chi connectivity index (χ2n) is 4.14. The summed E-state index contributed by atoms with van der Waals surface area (Å²) in [5, 5.41) is 3.25. The molecule has 0 saturated carbocycles. The van der Waals surface area contributed by atoms with Crippen LogP contribution in [-0.2, 0) is 14.8 Å². The van der Waals surface area contributed by atoms with Crippen LogP contribution in [0.1, 0.15) is 25.7 Å². The summed E-state index contributed by atoms with van der Waals surface area (Å²) in [4.78, 5) is 11.4. The van der Waals surface area contributed by atoms with Crippen molar-refractivity contribution in [3.8, 4) is 0 Å². The number of piperidine rings is 1. The molecule has 1 atom stereocenters. The molecule has 2 fully saturated rings. The lowest BCUT2D eigenvalue weighted by atomic mass is 10.1. The molecule has 2 rings (SSSR count). The zero-order valence-electron chi connectivity index (χ0n) is 8.61. The van der Waals surface area contributed by atoms with Crippen LogP contribution in [0, 0.1) is 0 Å². The number of nitrogens with one attached hydrogen (secondary N) is 1. The van der Waals surface area contributed by atoms with E-state index in [0.717, 1.165) is 30.1 Å². The second-order valence-corrected chi connectivity index (χ2v) is 6.15. The third-order valence-corrected chi connectivity index (χ3v) is 4.73. The fourth-order valence-electron chi connectivity index (χ4n) is 2.10. The quantitative estimate of drug-likeness (QED) is 0.709. The molecular weight excluding hydrogens is 216 g/mol. The van der Waals surface area contributed by atoms with E-state index in [-0.39, 0.29) is 24.1 Å². The third kappa shape index (κ3) is 2.31. The normalized spacial score (nSPS) is 30.8. The van der Waals surface area contributed by atoms with E-state index in [2.05, 4.69) is 5.32 Å². The molecule has 2 heterocycles. The number of nitrogens with zero attached hydrogens (tertiary/aromatic N) is 1. The molecule has 5 nitrogen and oxygen atoms in total. The van der Waals surface area contributed by atoms with Crippen molar-refractivity contribution in [3.05, 3.63) is 0 Å². The summed E-state index contributed by atoms with van der Waals surface area (Å²) in [7, 11) is -3.29. The van der Waals surface area contributed by atoms with E-state index in [1.54, 1.807) is 0 Å². The average Bonchev–Trinajstić information content (AvgIpc) is 2.47. The zero-order valence-corrected chi connectivity index (χ0v) is 9.42. The first kappa shape index (κ1) is 10.9. The SMILES string of the molecule is O=C1CCS(=O)(=O)N1CC1CCCCN1. The number of hydrogen-bond acceptors (Lipinski definition) is 4. The van der Waals surface area contributed by atoms with Gasteiger partial charge >= 0.3 is 0 Å². The summed E-state index contributed by atoms with van der Waals surface area (Å²) in [5.41, 5.74) is 0. The Hall–Kier alpha value is -0.620. The number of hydrogen-bond donors (Lipinski definition) is 1. The number of carbonyl (C=O) groups excluding carboxylic acids is 1. The van der Waals surface area contributed by atoms with Gasteiger partial charge in [-0.05, 0) is 19.4 Å². The minimum absolute atomic E-state index is 0.0153. The van der Waals surface area contributed by atoms with Gasteiger partial charge in [-0.25, -0.2) is 12.7 Å². The first-order chi connectivity index (χ1) is 7.09. The first-order valence-electron chi connectivity index (χ1n) is 5.36.